The molecule has 16 heavy (non-hydrogen) atoms. The van der Waals surface area contributed by atoms with Crippen LogP contribution < -0.4 is 5.32 Å². The number of hydrogen-bond acceptors (Lipinski definition) is 2. The molecule has 0 radical (unpaired) electrons. The minimum atomic E-state index is 0.416. The summed E-state index contributed by atoms with van der Waals surface area (Å²) in [5.41, 5.74) is 0. The van der Waals surface area contributed by atoms with Gasteiger partial charge in [0.2, 0.25) is 0 Å². The predicted octanol–water partition coefficient (Wildman–Crippen LogP) is 3.22. The van der Waals surface area contributed by atoms with Gasteiger partial charge in [0.25, 0.3) is 0 Å². The lowest BCUT2D eigenvalue weighted by atomic mass is 10.1. The molecule has 2 heteroatoms. The van der Waals surface area contributed by atoms with Crippen LogP contribution in [0, 0.1) is 11.8 Å². The molecule has 0 aliphatic heterocycles. The quantitative estimate of drug-likeness (QED) is 0.687. The summed E-state index contributed by atoms with van der Waals surface area (Å²) in [6, 6.07) is 0. The molecule has 2 nitrogen and oxygen atoms in total. The van der Waals surface area contributed by atoms with Gasteiger partial charge in [0.1, 0.15) is 0 Å². The first-order valence-electron chi connectivity index (χ1n) is 7.04. The van der Waals surface area contributed by atoms with Gasteiger partial charge >= 0.3 is 0 Å². The second-order valence-corrected chi connectivity index (χ2v) is 5.57. The minimum absolute atomic E-state index is 0.416. The highest BCUT2D eigenvalue weighted by Crippen LogP contribution is 2.25. The molecule has 1 unspecified atom stereocenters. The van der Waals surface area contributed by atoms with Gasteiger partial charge in [-0.25, -0.2) is 0 Å². The van der Waals surface area contributed by atoms with Gasteiger partial charge in [0.05, 0.1) is 6.10 Å². The maximum atomic E-state index is 5.99. The molecule has 0 spiro atoms. The molecule has 1 saturated carbocycles. The van der Waals surface area contributed by atoms with E-state index in [9.17, 15) is 0 Å². The van der Waals surface area contributed by atoms with Gasteiger partial charge in [-0.2, -0.15) is 0 Å². The maximum absolute atomic E-state index is 5.99. The minimum Gasteiger partial charge on any atom is -0.377 e. The lowest BCUT2D eigenvalue weighted by molar-refractivity contribution is 0.0282. The molecule has 1 aliphatic carbocycles. The molecule has 1 atom stereocenters. The first-order valence-corrected chi connectivity index (χ1v) is 7.04. The van der Waals surface area contributed by atoms with Crippen molar-refractivity contribution in [1.82, 2.24) is 5.32 Å². The van der Waals surface area contributed by atoms with Crippen molar-refractivity contribution in [1.29, 1.82) is 0 Å². The molecule has 1 N–H and O–H groups in total. The highest BCUT2D eigenvalue weighted by Gasteiger charge is 2.16. The Kier molecular flexibility index (Phi) is 7.06. The topological polar surface area (TPSA) is 21.3 Å². The highest BCUT2D eigenvalue weighted by molar-refractivity contribution is 4.68. The number of hydrogen-bond donors (Lipinski definition) is 1. The summed E-state index contributed by atoms with van der Waals surface area (Å²) >= 11 is 0. The molecule has 0 heterocycles. The Balaban J connectivity index is 2.05. The van der Waals surface area contributed by atoms with Crippen LogP contribution in [-0.4, -0.2) is 25.8 Å². The largest absolute Gasteiger partial charge is 0.377 e. The van der Waals surface area contributed by atoms with Gasteiger partial charge in [-0.15, -0.1) is 0 Å². The van der Waals surface area contributed by atoms with Gasteiger partial charge in [-0.1, -0.05) is 33.6 Å². The summed E-state index contributed by atoms with van der Waals surface area (Å²) in [6.07, 6.45) is 7.13. The van der Waals surface area contributed by atoms with Crippen LogP contribution in [0.25, 0.3) is 0 Å². The Bertz CT molecular complexity index is 164. The summed E-state index contributed by atoms with van der Waals surface area (Å²) < 4.78 is 5.99. The maximum Gasteiger partial charge on any atom is 0.0696 e. The third-order valence-corrected chi connectivity index (χ3v) is 3.42. The van der Waals surface area contributed by atoms with Crippen molar-refractivity contribution in [2.75, 3.05) is 19.7 Å². The predicted molar refractivity (Wildman–Crippen MR) is 69.7 cm³/mol. The third-order valence-electron chi connectivity index (χ3n) is 3.42. The van der Waals surface area contributed by atoms with E-state index in [1.807, 2.05) is 0 Å². The van der Waals surface area contributed by atoms with Crippen molar-refractivity contribution < 1.29 is 4.74 Å². The van der Waals surface area contributed by atoms with Gasteiger partial charge in [-0.05, 0) is 37.6 Å². The van der Waals surface area contributed by atoms with E-state index in [1.54, 1.807) is 0 Å². The third kappa shape index (κ3) is 5.86. The normalized spacial score (nSPS) is 19.5. The fraction of sp³-hybridized carbons (Fsp3) is 1.00. The van der Waals surface area contributed by atoms with Crippen molar-refractivity contribution in [2.24, 2.45) is 11.8 Å². The van der Waals surface area contributed by atoms with E-state index in [0.717, 1.165) is 38.0 Å². The molecular formula is C14H29NO. The van der Waals surface area contributed by atoms with Crippen LogP contribution >= 0.6 is 0 Å². The van der Waals surface area contributed by atoms with E-state index < -0.39 is 0 Å². The second-order valence-electron chi connectivity index (χ2n) is 5.57. The average molecular weight is 227 g/mol. The molecule has 96 valence electrons. The van der Waals surface area contributed by atoms with Crippen LogP contribution in [0.3, 0.4) is 0 Å². The zero-order valence-corrected chi connectivity index (χ0v) is 11.3. The van der Waals surface area contributed by atoms with E-state index >= 15 is 0 Å². The van der Waals surface area contributed by atoms with Crippen molar-refractivity contribution in [2.45, 2.75) is 59.0 Å². The monoisotopic (exact) mass is 227 g/mol. The average Bonchev–Trinajstić information content (AvgIpc) is 2.75. The van der Waals surface area contributed by atoms with Gasteiger partial charge in [0, 0.05) is 13.2 Å². The SMILES string of the molecule is CCC(CNCC(C)C)OCC1CCCC1. The zero-order chi connectivity index (χ0) is 11.8. The van der Waals surface area contributed by atoms with Crippen molar-refractivity contribution in [3.63, 3.8) is 0 Å². The van der Waals surface area contributed by atoms with Crippen molar-refractivity contribution in [3.8, 4) is 0 Å². The molecular weight excluding hydrogens is 198 g/mol. The molecule has 0 aromatic carbocycles. The van der Waals surface area contributed by atoms with E-state index in [1.165, 1.54) is 25.7 Å². The number of rotatable bonds is 8. The summed E-state index contributed by atoms with van der Waals surface area (Å²) in [6.45, 7) is 9.81. The van der Waals surface area contributed by atoms with Crippen LogP contribution in [0.1, 0.15) is 52.9 Å². The van der Waals surface area contributed by atoms with Crippen LogP contribution in [0.15, 0.2) is 0 Å². The lowest BCUT2D eigenvalue weighted by Crippen LogP contribution is -2.32. The molecule has 1 aliphatic rings. The van der Waals surface area contributed by atoms with Crippen LogP contribution in [0.4, 0.5) is 0 Å². The van der Waals surface area contributed by atoms with Crippen LogP contribution in [0.5, 0.6) is 0 Å². The van der Waals surface area contributed by atoms with Crippen molar-refractivity contribution >= 4 is 0 Å². The van der Waals surface area contributed by atoms with E-state index in [0.29, 0.717) is 6.10 Å². The van der Waals surface area contributed by atoms with Gasteiger partial charge in [0.15, 0.2) is 0 Å². The van der Waals surface area contributed by atoms with E-state index in [-0.39, 0.29) is 0 Å². The summed E-state index contributed by atoms with van der Waals surface area (Å²) in [7, 11) is 0. The Morgan fingerprint density at radius 2 is 1.88 bits per heavy atom. The van der Waals surface area contributed by atoms with Crippen molar-refractivity contribution in [3.05, 3.63) is 0 Å². The standard InChI is InChI=1S/C14H29NO/c1-4-14(10-15-9-12(2)3)16-11-13-7-5-6-8-13/h12-15H,4-11H2,1-3H3. The number of ether oxygens (including phenoxy) is 1. The Morgan fingerprint density at radius 1 is 1.19 bits per heavy atom. The van der Waals surface area contributed by atoms with E-state index in [4.69, 9.17) is 4.74 Å². The Labute approximate surface area is 101 Å². The van der Waals surface area contributed by atoms with E-state index in [2.05, 4.69) is 26.1 Å². The fourth-order valence-corrected chi connectivity index (χ4v) is 2.30. The smallest absolute Gasteiger partial charge is 0.0696 e. The Morgan fingerprint density at radius 3 is 2.44 bits per heavy atom. The van der Waals surface area contributed by atoms with Gasteiger partial charge < -0.3 is 10.1 Å². The fourth-order valence-electron chi connectivity index (χ4n) is 2.30. The zero-order valence-electron chi connectivity index (χ0n) is 11.3. The van der Waals surface area contributed by atoms with Gasteiger partial charge in [-0.3, -0.25) is 0 Å². The molecule has 0 amide bonds. The Hall–Kier alpha value is -0.0800. The summed E-state index contributed by atoms with van der Waals surface area (Å²) in [5.74, 6) is 1.58. The highest BCUT2D eigenvalue weighted by atomic mass is 16.5. The number of nitrogens with one attached hydrogen (secondary N) is 1. The summed E-state index contributed by atoms with van der Waals surface area (Å²) in [4.78, 5) is 0. The molecule has 0 saturated heterocycles. The first-order chi connectivity index (χ1) is 7.72. The molecule has 1 rings (SSSR count). The lowest BCUT2D eigenvalue weighted by Gasteiger charge is -2.20. The molecule has 0 aromatic heterocycles. The molecule has 1 fully saturated rings. The summed E-state index contributed by atoms with van der Waals surface area (Å²) in [5, 5.41) is 3.49. The van der Waals surface area contributed by atoms with Crippen LogP contribution in [-0.2, 0) is 4.74 Å². The molecule has 0 aromatic rings. The second kappa shape index (κ2) is 8.08. The molecule has 0 bridgehead atoms. The first kappa shape index (κ1) is 14.0. The van der Waals surface area contributed by atoms with Crippen LogP contribution in [0.2, 0.25) is 0 Å².